The Hall–Kier alpha value is -2.01. The highest BCUT2D eigenvalue weighted by Gasteiger charge is 2.08. The number of aryl methyl sites for hydroxylation is 1. The van der Waals surface area contributed by atoms with Gasteiger partial charge in [-0.3, -0.25) is 0 Å². The lowest BCUT2D eigenvalue weighted by molar-refractivity contribution is -0.139. The van der Waals surface area contributed by atoms with Crippen LogP contribution in [-0.4, -0.2) is 27.7 Å². The van der Waals surface area contributed by atoms with Crippen LogP contribution in [0.3, 0.4) is 0 Å². The fraction of sp³-hybridized carbons (Fsp3) is 0.231. The van der Waals surface area contributed by atoms with Gasteiger partial charge in [-0.15, -0.1) is 12.4 Å². The van der Waals surface area contributed by atoms with Gasteiger partial charge in [0, 0.05) is 24.4 Å². The second kappa shape index (κ2) is 6.80. The van der Waals surface area contributed by atoms with E-state index in [1.807, 2.05) is 19.1 Å². The van der Waals surface area contributed by atoms with Gasteiger partial charge < -0.3 is 14.8 Å². The van der Waals surface area contributed by atoms with Gasteiger partial charge in [0.25, 0.3) is 0 Å². The first kappa shape index (κ1) is 15.0. The lowest BCUT2D eigenvalue weighted by Crippen LogP contribution is -2.10. The van der Waals surface area contributed by atoms with Gasteiger partial charge >= 0.3 is 5.97 Å². The number of imidazole rings is 1. The average Bonchev–Trinajstić information content (AvgIpc) is 2.80. The van der Waals surface area contributed by atoms with Gasteiger partial charge in [0.1, 0.15) is 11.6 Å². The molecule has 102 valence electrons. The maximum absolute atomic E-state index is 10.5. The Morgan fingerprint density at radius 3 is 2.89 bits per heavy atom. The molecule has 0 bridgehead atoms. The minimum atomic E-state index is -0.987. The number of aromatic amines is 1. The smallest absolute Gasteiger partial charge is 0.341 e. The number of carbonyl (C=O) groups is 1. The molecular weight excluding hydrogens is 268 g/mol. The fourth-order valence-corrected chi connectivity index (χ4v) is 1.70. The molecule has 0 atom stereocenters. The molecule has 19 heavy (non-hydrogen) atoms. The molecule has 0 aliphatic heterocycles. The van der Waals surface area contributed by atoms with E-state index in [1.54, 1.807) is 18.5 Å². The molecule has 2 N–H and O–H groups in total. The molecule has 1 aromatic heterocycles. The number of ether oxygens (including phenoxy) is 1. The summed E-state index contributed by atoms with van der Waals surface area (Å²) in [5, 5.41) is 8.63. The van der Waals surface area contributed by atoms with Gasteiger partial charge in [-0.05, 0) is 13.0 Å². The van der Waals surface area contributed by atoms with Gasteiger partial charge in [-0.1, -0.05) is 17.7 Å². The van der Waals surface area contributed by atoms with Gasteiger partial charge in [-0.25, -0.2) is 9.78 Å². The number of nitrogens with zero attached hydrogens (tertiary/aromatic N) is 1. The third kappa shape index (κ3) is 4.30. The number of halogens is 1. The molecule has 0 fully saturated rings. The number of nitrogens with one attached hydrogen (secondary N) is 1. The van der Waals surface area contributed by atoms with E-state index in [2.05, 4.69) is 9.97 Å². The third-order valence-corrected chi connectivity index (χ3v) is 2.48. The van der Waals surface area contributed by atoms with Crippen LogP contribution < -0.4 is 4.74 Å². The normalized spacial score (nSPS) is 9.74. The Balaban J connectivity index is 0.00000180. The number of aliphatic carboxylic acids is 1. The number of hydrogen-bond acceptors (Lipinski definition) is 3. The highest BCUT2D eigenvalue weighted by molar-refractivity contribution is 5.85. The number of carboxylic acid groups (broad SMARTS) is 1. The highest BCUT2D eigenvalue weighted by Crippen LogP contribution is 2.22. The zero-order valence-electron chi connectivity index (χ0n) is 10.4. The number of rotatable bonds is 5. The maximum atomic E-state index is 10.5. The Morgan fingerprint density at radius 2 is 2.26 bits per heavy atom. The van der Waals surface area contributed by atoms with Gasteiger partial charge in [0.05, 0.1) is 0 Å². The van der Waals surface area contributed by atoms with E-state index in [1.165, 1.54) is 0 Å². The van der Waals surface area contributed by atoms with Crippen molar-refractivity contribution in [3.8, 4) is 5.75 Å². The summed E-state index contributed by atoms with van der Waals surface area (Å²) in [6, 6.07) is 5.65. The second-order valence-electron chi connectivity index (χ2n) is 4.01. The van der Waals surface area contributed by atoms with Crippen molar-refractivity contribution >= 4 is 18.4 Å². The van der Waals surface area contributed by atoms with E-state index in [0.717, 1.165) is 17.0 Å². The molecule has 0 amide bonds. The highest BCUT2D eigenvalue weighted by atomic mass is 35.5. The topological polar surface area (TPSA) is 75.2 Å². The van der Waals surface area contributed by atoms with E-state index < -0.39 is 5.97 Å². The van der Waals surface area contributed by atoms with Crippen LogP contribution in [0, 0.1) is 6.92 Å². The summed E-state index contributed by atoms with van der Waals surface area (Å²) in [5.41, 5.74) is 2.02. The van der Waals surface area contributed by atoms with Crippen LogP contribution in [0.25, 0.3) is 0 Å². The van der Waals surface area contributed by atoms with E-state index >= 15 is 0 Å². The van der Waals surface area contributed by atoms with Gasteiger partial charge in [-0.2, -0.15) is 0 Å². The molecule has 0 radical (unpaired) electrons. The van der Waals surface area contributed by atoms with E-state index in [4.69, 9.17) is 9.84 Å². The monoisotopic (exact) mass is 282 g/mol. The number of carboxylic acids is 1. The molecule has 2 rings (SSSR count). The Morgan fingerprint density at radius 1 is 1.47 bits per heavy atom. The Bertz CT molecular complexity index is 541. The molecule has 0 saturated carbocycles. The Kier molecular flexibility index (Phi) is 5.38. The summed E-state index contributed by atoms with van der Waals surface area (Å²) in [6.07, 6.45) is 4.02. The van der Waals surface area contributed by atoms with Crippen molar-refractivity contribution in [2.75, 3.05) is 6.61 Å². The van der Waals surface area contributed by atoms with Crippen LogP contribution in [0.1, 0.15) is 17.0 Å². The molecule has 0 aliphatic rings. The lowest BCUT2D eigenvalue weighted by Gasteiger charge is -2.10. The predicted octanol–water partition coefficient (Wildman–Crippen LogP) is 2.19. The molecule has 0 saturated heterocycles. The molecule has 1 heterocycles. The van der Waals surface area contributed by atoms with Gasteiger partial charge in [0.2, 0.25) is 0 Å². The summed E-state index contributed by atoms with van der Waals surface area (Å²) in [4.78, 5) is 17.7. The molecule has 0 unspecified atom stereocenters. The fourth-order valence-electron chi connectivity index (χ4n) is 1.70. The van der Waals surface area contributed by atoms with Crippen molar-refractivity contribution in [1.29, 1.82) is 0 Å². The van der Waals surface area contributed by atoms with Crippen LogP contribution >= 0.6 is 12.4 Å². The molecule has 0 aliphatic carbocycles. The average molecular weight is 283 g/mol. The first-order valence-corrected chi connectivity index (χ1v) is 5.57. The predicted molar refractivity (Wildman–Crippen MR) is 73.0 cm³/mol. The minimum Gasteiger partial charge on any atom is -0.482 e. The number of aromatic nitrogens is 2. The van der Waals surface area contributed by atoms with Crippen molar-refractivity contribution in [2.24, 2.45) is 0 Å². The molecule has 5 nitrogen and oxygen atoms in total. The lowest BCUT2D eigenvalue weighted by atomic mass is 10.1. The van der Waals surface area contributed by atoms with Crippen LogP contribution in [-0.2, 0) is 11.2 Å². The molecule has 2 aromatic rings. The van der Waals surface area contributed by atoms with Crippen molar-refractivity contribution < 1.29 is 14.6 Å². The third-order valence-electron chi connectivity index (χ3n) is 2.48. The van der Waals surface area contributed by atoms with Crippen molar-refractivity contribution in [3.63, 3.8) is 0 Å². The van der Waals surface area contributed by atoms with Gasteiger partial charge in [0.15, 0.2) is 6.61 Å². The summed E-state index contributed by atoms with van der Waals surface area (Å²) in [7, 11) is 0. The zero-order valence-corrected chi connectivity index (χ0v) is 11.2. The quantitative estimate of drug-likeness (QED) is 0.881. The molecule has 1 aromatic carbocycles. The van der Waals surface area contributed by atoms with E-state index in [-0.39, 0.29) is 19.0 Å². The first-order chi connectivity index (χ1) is 8.65. The van der Waals surface area contributed by atoms with Crippen molar-refractivity contribution in [3.05, 3.63) is 47.5 Å². The molecular formula is C13H15ClN2O3. The summed E-state index contributed by atoms with van der Waals surface area (Å²) < 4.78 is 5.26. The minimum absolute atomic E-state index is 0. The summed E-state index contributed by atoms with van der Waals surface area (Å²) in [6.45, 7) is 1.64. The summed E-state index contributed by atoms with van der Waals surface area (Å²) >= 11 is 0. The van der Waals surface area contributed by atoms with Crippen LogP contribution in [0.5, 0.6) is 5.75 Å². The Labute approximate surface area is 117 Å². The zero-order chi connectivity index (χ0) is 13.0. The largest absolute Gasteiger partial charge is 0.482 e. The second-order valence-corrected chi connectivity index (χ2v) is 4.01. The molecule has 0 spiro atoms. The number of hydrogen-bond donors (Lipinski definition) is 2. The summed E-state index contributed by atoms with van der Waals surface area (Å²) in [5.74, 6) is 0.416. The van der Waals surface area contributed by atoms with E-state index in [0.29, 0.717) is 12.2 Å². The standard InChI is InChI=1S/C13H14N2O3.ClH/c1-9-2-3-11(18-8-13(16)17)10(6-9)7-12-14-4-5-15-12;/h2-6H,7-8H2,1H3,(H,14,15)(H,16,17);1H. The first-order valence-electron chi connectivity index (χ1n) is 5.57. The van der Waals surface area contributed by atoms with Crippen molar-refractivity contribution in [2.45, 2.75) is 13.3 Å². The number of benzene rings is 1. The van der Waals surface area contributed by atoms with Crippen LogP contribution in [0.15, 0.2) is 30.6 Å². The molecule has 6 heteroatoms. The van der Waals surface area contributed by atoms with Crippen molar-refractivity contribution in [1.82, 2.24) is 9.97 Å². The van der Waals surface area contributed by atoms with E-state index in [9.17, 15) is 4.79 Å². The van der Waals surface area contributed by atoms with Crippen LogP contribution in [0.2, 0.25) is 0 Å². The van der Waals surface area contributed by atoms with Crippen LogP contribution in [0.4, 0.5) is 0 Å². The SMILES string of the molecule is Cc1ccc(OCC(=O)O)c(Cc2ncc[nH]2)c1.Cl. The maximum Gasteiger partial charge on any atom is 0.341 e. The number of H-pyrrole nitrogens is 1.